The molecule has 0 saturated heterocycles. The maximum atomic E-state index is 4.51. The lowest BCUT2D eigenvalue weighted by atomic mass is 10.3. The quantitative estimate of drug-likeness (QED) is 0.779. The predicted molar refractivity (Wildman–Crippen MR) is 61.7 cm³/mol. The monoisotopic (exact) mass is 206 g/mol. The van der Waals surface area contributed by atoms with Gasteiger partial charge in [0.2, 0.25) is 0 Å². The molecule has 74 valence electrons. The van der Waals surface area contributed by atoms with Crippen molar-refractivity contribution in [3.05, 3.63) is 24.3 Å². The highest BCUT2D eigenvalue weighted by molar-refractivity contribution is 7.99. The number of fused-ring (bicyclic) bond motifs is 1. The zero-order valence-corrected chi connectivity index (χ0v) is 9.27. The van der Waals surface area contributed by atoms with Gasteiger partial charge in [0.15, 0.2) is 5.16 Å². The Bertz CT molecular complexity index is 389. The van der Waals surface area contributed by atoms with Crippen LogP contribution in [0, 0.1) is 0 Å². The number of hydrogen-bond acceptors (Lipinski definition) is 2. The molecule has 0 radical (unpaired) electrons. The second-order valence-corrected chi connectivity index (χ2v) is 4.82. The van der Waals surface area contributed by atoms with Crippen molar-refractivity contribution in [1.82, 2.24) is 9.97 Å². The molecule has 0 unspecified atom stereocenters. The molecule has 0 amide bonds. The molecule has 0 fully saturated rings. The highest BCUT2D eigenvalue weighted by atomic mass is 32.2. The molecule has 1 N–H and O–H groups in total. The summed E-state index contributed by atoms with van der Waals surface area (Å²) in [6.07, 6.45) is 1.17. The average Bonchev–Trinajstić information content (AvgIpc) is 2.59. The van der Waals surface area contributed by atoms with E-state index in [0.717, 1.165) is 16.2 Å². The first-order valence-corrected chi connectivity index (χ1v) is 5.79. The fraction of sp³-hybridized carbons (Fsp3) is 0.364. The molecule has 2 rings (SSSR count). The van der Waals surface area contributed by atoms with Gasteiger partial charge in [-0.3, -0.25) is 0 Å². The number of aromatic nitrogens is 2. The largest absolute Gasteiger partial charge is 0.333 e. The Kier molecular flexibility index (Phi) is 2.77. The van der Waals surface area contributed by atoms with Crippen molar-refractivity contribution < 1.29 is 0 Å². The molecule has 0 spiro atoms. The number of H-pyrrole nitrogens is 1. The van der Waals surface area contributed by atoms with Crippen molar-refractivity contribution >= 4 is 22.8 Å². The summed E-state index contributed by atoms with van der Waals surface area (Å²) in [5.74, 6) is 0. The molecule has 1 heterocycles. The number of hydrogen-bond donors (Lipinski definition) is 1. The Balaban J connectivity index is 2.27. The number of benzene rings is 1. The molecular formula is C11H14N2S. The van der Waals surface area contributed by atoms with E-state index in [4.69, 9.17) is 0 Å². The Morgan fingerprint density at radius 1 is 1.43 bits per heavy atom. The van der Waals surface area contributed by atoms with Crippen LogP contribution in [0.3, 0.4) is 0 Å². The Morgan fingerprint density at radius 3 is 2.93 bits per heavy atom. The highest BCUT2D eigenvalue weighted by Crippen LogP contribution is 2.24. The van der Waals surface area contributed by atoms with Gasteiger partial charge in [0.05, 0.1) is 11.0 Å². The Morgan fingerprint density at radius 2 is 2.21 bits per heavy atom. The van der Waals surface area contributed by atoms with E-state index in [1.54, 1.807) is 11.8 Å². The van der Waals surface area contributed by atoms with Gasteiger partial charge < -0.3 is 4.98 Å². The summed E-state index contributed by atoms with van der Waals surface area (Å²) >= 11 is 1.80. The third-order valence-electron chi connectivity index (χ3n) is 2.26. The van der Waals surface area contributed by atoms with Crippen molar-refractivity contribution in [2.45, 2.75) is 30.7 Å². The zero-order valence-electron chi connectivity index (χ0n) is 8.45. The van der Waals surface area contributed by atoms with Crippen molar-refractivity contribution in [1.29, 1.82) is 0 Å². The zero-order chi connectivity index (χ0) is 9.97. The molecule has 0 aliphatic carbocycles. The molecule has 14 heavy (non-hydrogen) atoms. The van der Waals surface area contributed by atoms with Gasteiger partial charge in [0.1, 0.15) is 0 Å². The second-order valence-electron chi connectivity index (χ2n) is 3.40. The summed E-state index contributed by atoms with van der Waals surface area (Å²) in [4.78, 5) is 7.82. The number of nitrogens with one attached hydrogen (secondary N) is 1. The van der Waals surface area contributed by atoms with Crippen LogP contribution in [0.25, 0.3) is 11.0 Å². The van der Waals surface area contributed by atoms with Crippen molar-refractivity contribution in [3.8, 4) is 0 Å². The fourth-order valence-corrected chi connectivity index (χ4v) is 2.13. The van der Waals surface area contributed by atoms with E-state index in [0.29, 0.717) is 5.25 Å². The normalized spacial score (nSPS) is 13.3. The Labute approximate surface area is 88.1 Å². The predicted octanol–water partition coefficient (Wildman–Crippen LogP) is 3.45. The van der Waals surface area contributed by atoms with Gasteiger partial charge in [0.25, 0.3) is 0 Å². The lowest BCUT2D eigenvalue weighted by Gasteiger charge is -2.03. The summed E-state index contributed by atoms with van der Waals surface area (Å²) < 4.78 is 0. The van der Waals surface area contributed by atoms with Crippen LogP contribution in [0.1, 0.15) is 20.3 Å². The van der Waals surface area contributed by atoms with E-state index < -0.39 is 0 Å². The molecule has 0 aliphatic rings. The maximum Gasteiger partial charge on any atom is 0.166 e. The molecular weight excluding hydrogens is 192 g/mol. The number of nitrogens with zero attached hydrogens (tertiary/aromatic N) is 1. The first-order chi connectivity index (χ1) is 6.79. The first-order valence-electron chi connectivity index (χ1n) is 4.91. The number of para-hydroxylation sites is 2. The molecule has 1 aromatic heterocycles. The average molecular weight is 206 g/mol. The smallest absolute Gasteiger partial charge is 0.166 e. The van der Waals surface area contributed by atoms with E-state index >= 15 is 0 Å². The van der Waals surface area contributed by atoms with Crippen molar-refractivity contribution in [2.75, 3.05) is 0 Å². The van der Waals surface area contributed by atoms with Crippen LogP contribution in [0.4, 0.5) is 0 Å². The minimum atomic E-state index is 0.621. The third kappa shape index (κ3) is 1.93. The van der Waals surface area contributed by atoms with Gasteiger partial charge in [-0.2, -0.15) is 0 Å². The standard InChI is InChI=1S/C11H14N2S/c1-3-8(2)14-11-12-9-6-4-5-7-10(9)13-11/h4-8H,3H2,1-2H3,(H,12,13)/t8-/m0/s1. The lowest BCUT2D eigenvalue weighted by molar-refractivity contribution is 0.896. The van der Waals surface area contributed by atoms with Crippen LogP contribution in [0.2, 0.25) is 0 Å². The van der Waals surface area contributed by atoms with Gasteiger partial charge in [-0.25, -0.2) is 4.98 Å². The summed E-state index contributed by atoms with van der Waals surface area (Å²) in [5, 5.41) is 1.65. The maximum absolute atomic E-state index is 4.51. The van der Waals surface area contributed by atoms with Gasteiger partial charge in [-0.05, 0) is 18.6 Å². The molecule has 1 atom stereocenters. The SMILES string of the molecule is CC[C@H](C)Sc1nc2ccccc2[nH]1. The van der Waals surface area contributed by atoms with E-state index in [9.17, 15) is 0 Å². The van der Waals surface area contributed by atoms with Crippen molar-refractivity contribution in [2.24, 2.45) is 0 Å². The van der Waals surface area contributed by atoms with E-state index in [-0.39, 0.29) is 0 Å². The van der Waals surface area contributed by atoms with Gasteiger partial charge in [0, 0.05) is 5.25 Å². The molecule has 0 saturated carbocycles. The lowest BCUT2D eigenvalue weighted by Crippen LogP contribution is -1.92. The van der Waals surface area contributed by atoms with Crippen LogP contribution >= 0.6 is 11.8 Å². The van der Waals surface area contributed by atoms with Crippen LogP contribution in [0.15, 0.2) is 29.4 Å². The summed E-state index contributed by atoms with van der Waals surface area (Å²) in [6, 6.07) is 8.13. The molecule has 3 heteroatoms. The minimum absolute atomic E-state index is 0.621. The van der Waals surface area contributed by atoms with Crippen LogP contribution in [0.5, 0.6) is 0 Å². The molecule has 0 aliphatic heterocycles. The molecule has 0 bridgehead atoms. The summed E-state index contributed by atoms with van der Waals surface area (Å²) in [7, 11) is 0. The topological polar surface area (TPSA) is 28.7 Å². The van der Waals surface area contributed by atoms with Gasteiger partial charge in [-0.15, -0.1) is 0 Å². The molecule has 2 nitrogen and oxygen atoms in total. The van der Waals surface area contributed by atoms with Gasteiger partial charge in [-0.1, -0.05) is 37.7 Å². The third-order valence-corrected chi connectivity index (χ3v) is 3.41. The van der Waals surface area contributed by atoms with E-state index in [2.05, 4.69) is 29.9 Å². The van der Waals surface area contributed by atoms with Gasteiger partial charge >= 0.3 is 0 Å². The summed E-state index contributed by atoms with van der Waals surface area (Å²) in [6.45, 7) is 4.41. The highest BCUT2D eigenvalue weighted by Gasteiger charge is 2.06. The number of aromatic amines is 1. The molecule has 1 aromatic carbocycles. The Hall–Kier alpha value is -0.960. The van der Waals surface area contributed by atoms with Crippen LogP contribution in [-0.2, 0) is 0 Å². The number of rotatable bonds is 3. The minimum Gasteiger partial charge on any atom is -0.333 e. The number of thioether (sulfide) groups is 1. The second kappa shape index (κ2) is 4.05. The first kappa shape index (κ1) is 9.59. The van der Waals surface area contributed by atoms with Crippen molar-refractivity contribution in [3.63, 3.8) is 0 Å². The van der Waals surface area contributed by atoms with E-state index in [1.807, 2.05) is 18.2 Å². The van der Waals surface area contributed by atoms with Crippen LogP contribution < -0.4 is 0 Å². The van der Waals surface area contributed by atoms with E-state index in [1.165, 1.54) is 6.42 Å². The fourth-order valence-electron chi connectivity index (χ4n) is 1.26. The number of imidazole rings is 1. The molecule has 2 aromatic rings. The summed E-state index contributed by atoms with van der Waals surface area (Å²) in [5.41, 5.74) is 2.18. The van der Waals surface area contributed by atoms with Crippen LogP contribution in [-0.4, -0.2) is 15.2 Å².